The van der Waals surface area contributed by atoms with Gasteiger partial charge in [0.25, 0.3) is 0 Å². The van der Waals surface area contributed by atoms with Gasteiger partial charge in [0, 0.05) is 98.6 Å². The number of allylic oxidation sites excluding steroid dienone is 4. The predicted molar refractivity (Wildman–Crippen MR) is 385 cm³/mol. The van der Waals surface area contributed by atoms with E-state index in [4.69, 9.17) is 5.11 Å². The van der Waals surface area contributed by atoms with Gasteiger partial charge in [-0.2, -0.15) is 11.8 Å². The normalized spacial score (nSPS) is 16.8. The molecule has 2 saturated heterocycles. The minimum Gasteiger partial charge on any atom is -0.508 e. The van der Waals surface area contributed by atoms with Gasteiger partial charge in [-0.3, -0.25) is 28.8 Å². The molecule has 0 bridgehead atoms. The van der Waals surface area contributed by atoms with Crippen molar-refractivity contribution in [2.75, 3.05) is 40.0 Å². The highest BCUT2D eigenvalue weighted by Crippen LogP contribution is 2.34. The third-order valence-corrected chi connectivity index (χ3v) is 17.4. The number of aromatic nitrogens is 1. The number of carbonyl (C=O) groups excluding carboxylic acids is 7. The molecule has 4 rings (SSSR count). The molecule has 92 heavy (non-hydrogen) atoms. The Bertz CT molecular complexity index is 2610. The first-order valence-corrected chi connectivity index (χ1v) is 35.1. The van der Waals surface area contributed by atoms with Crippen LogP contribution < -0.4 is 10.6 Å². The van der Waals surface area contributed by atoms with Gasteiger partial charge >= 0.3 is 6.03 Å². The summed E-state index contributed by atoms with van der Waals surface area (Å²) < 4.78 is 0.679. The second-order valence-corrected chi connectivity index (χ2v) is 34.6. The number of aryl methyl sites for hydroxylation is 1. The van der Waals surface area contributed by atoms with Crippen LogP contribution in [0.5, 0.6) is 5.75 Å². The lowest BCUT2D eigenvalue weighted by molar-refractivity contribution is -0.873. The zero-order chi connectivity index (χ0) is 72.0. The number of carbonyl (C=O) groups is 7. The number of phenols is 1. The predicted octanol–water partition coefficient (Wildman–Crippen LogP) is 15.9. The number of rotatable bonds is 27. The molecule has 1 unspecified atom stereocenters. The van der Waals surface area contributed by atoms with Crippen molar-refractivity contribution >= 4 is 63.4 Å². The molecule has 530 valence electrons. The highest BCUT2D eigenvalue weighted by atomic mass is 32.2. The van der Waals surface area contributed by atoms with Crippen molar-refractivity contribution in [3.05, 3.63) is 54.3 Å². The molecule has 16 heteroatoms. The van der Waals surface area contributed by atoms with Crippen LogP contribution in [0, 0.1) is 43.8 Å². The van der Waals surface area contributed by atoms with E-state index in [1.165, 1.54) is 18.4 Å². The summed E-state index contributed by atoms with van der Waals surface area (Å²) in [4.78, 5) is 84.3. The fourth-order valence-corrected chi connectivity index (χ4v) is 11.1. The van der Waals surface area contributed by atoms with Gasteiger partial charge in [-0.1, -0.05) is 190 Å². The number of hydrogen-bond donors (Lipinski definition) is 7. The van der Waals surface area contributed by atoms with Gasteiger partial charge in [0.15, 0.2) is 5.78 Å². The Kier molecular flexibility index (Phi) is 39.7. The summed E-state index contributed by atoms with van der Waals surface area (Å²) in [5.41, 5.74) is 0.667. The van der Waals surface area contributed by atoms with Crippen LogP contribution in [-0.4, -0.2) is 140 Å². The number of ketones is 6. The standard InChI is InChI=1S/C15H21NO.C14H24N2O2S.C14H26O4.C12H22O.C11H24NO2.C10H18O/c1-15(2,3)8-4-5-11-10-16-14-7-6-12(17)9-13(11)14;1-14(2,3)11(17)7-5-4-6-10-12-9(8-19-10)15-13(18)16-12;1-13(2,3)11(17)8-6-7-10(16)12(18)14(4,5)9-15;1-6-7-8-9-12(4,5)11(13)10(2)3;1-11(2,3)10(14)7-9(13)8-12(4,5)6;1-5-6-7-8-9(11)10(2,3)4/h6-7,9-10,16-17H,4-5,8H2,1-3H3;9-10,12H,4-8H2,1-3H3,(H2,15,16,18);12,15,18H,6-9H2,1-5H3;7-8,10H,6,9H2,1-5H3;9,13H,7-8H2,1-6H3;6-7H,5,8H2,1-4H3/q;;;;+1;/b;;;8-7-;;7-6-/t;9-,10-,12-;12-;;;/m.00.../s1. The van der Waals surface area contributed by atoms with Crippen molar-refractivity contribution in [3.8, 4) is 5.75 Å². The number of aliphatic hydroxyl groups excluding tert-OH is 3. The third-order valence-electron chi connectivity index (χ3n) is 15.9. The molecule has 0 saturated carbocycles. The van der Waals surface area contributed by atoms with E-state index < -0.39 is 17.6 Å². The van der Waals surface area contributed by atoms with E-state index >= 15 is 0 Å². The lowest BCUT2D eigenvalue weighted by Crippen LogP contribution is -2.42. The fourth-order valence-electron chi connectivity index (χ4n) is 9.60. The van der Waals surface area contributed by atoms with Gasteiger partial charge < -0.3 is 40.5 Å². The van der Waals surface area contributed by atoms with Crippen molar-refractivity contribution in [3.63, 3.8) is 0 Å². The number of thioether (sulfide) groups is 1. The Balaban J connectivity index is 0. The highest BCUT2D eigenvalue weighted by molar-refractivity contribution is 8.00. The number of nitrogens with one attached hydrogen (secondary N) is 3. The first-order chi connectivity index (χ1) is 41.8. The molecule has 2 aromatic rings. The number of phenolic OH excluding ortho intramolecular Hbond substituents is 1. The zero-order valence-corrected chi connectivity index (χ0v) is 63.6. The Hall–Kier alpha value is -4.48. The summed E-state index contributed by atoms with van der Waals surface area (Å²) in [7, 11) is 6.01. The summed E-state index contributed by atoms with van der Waals surface area (Å²) in [6.07, 6.45) is 20.6. The molecule has 3 heterocycles. The number of unbranched alkanes of at least 4 members (excludes halogenated alkanes) is 1. The van der Waals surface area contributed by atoms with Gasteiger partial charge in [0.05, 0.1) is 39.8 Å². The van der Waals surface area contributed by atoms with Gasteiger partial charge in [0.1, 0.15) is 53.4 Å². The summed E-state index contributed by atoms with van der Waals surface area (Å²) in [5.74, 6) is 2.44. The second kappa shape index (κ2) is 40.8. The molecule has 0 spiro atoms. The van der Waals surface area contributed by atoms with Gasteiger partial charge in [0.2, 0.25) is 0 Å². The number of hydrogen-bond acceptors (Lipinski definition) is 12. The first-order valence-electron chi connectivity index (χ1n) is 34.0. The third kappa shape index (κ3) is 38.8. The number of fused-ring (bicyclic) bond motifs is 2. The zero-order valence-electron chi connectivity index (χ0n) is 62.8. The number of likely N-dealkylation sites (N-methyl/N-ethyl adjacent to an activating group) is 1. The molecule has 1 aromatic heterocycles. The molecule has 0 radical (unpaired) electrons. The monoisotopic (exact) mass is 1310 g/mol. The maximum Gasteiger partial charge on any atom is 0.315 e. The van der Waals surface area contributed by atoms with Crippen LogP contribution in [0.4, 0.5) is 4.79 Å². The maximum atomic E-state index is 11.8. The van der Waals surface area contributed by atoms with E-state index in [0.29, 0.717) is 76.5 Å². The largest absolute Gasteiger partial charge is 0.508 e. The topological polar surface area (TPSA) is 240 Å². The van der Waals surface area contributed by atoms with E-state index in [0.717, 1.165) is 61.6 Å². The number of nitrogens with zero attached hydrogens (tertiary/aromatic N) is 1. The number of aromatic amines is 1. The Morgan fingerprint density at radius 2 is 1.20 bits per heavy atom. The van der Waals surface area contributed by atoms with Crippen molar-refractivity contribution in [2.45, 2.75) is 285 Å². The molecule has 1 aromatic carbocycles. The second-order valence-electron chi connectivity index (χ2n) is 33.3. The number of aliphatic hydroxyl groups is 3. The van der Waals surface area contributed by atoms with Crippen LogP contribution in [-0.2, 0) is 35.2 Å². The molecule has 2 aliphatic heterocycles. The van der Waals surface area contributed by atoms with E-state index in [-0.39, 0.29) is 81.9 Å². The molecule has 0 aliphatic carbocycles. The summed E-state index contributed by atoms with van der Waals surface area (Å²) in [5, 5.41) is 45.7. The van der Waals surface area contributed by atoms with Gasteiger partial charge in [-0.05, 0) is 87.0 Å². The van der Waals surface area contributed by atoms with E-state index in [9.17, 15) is 48.9 Å². The molecule has 5 atom stereocenters. The van der Waals surface area contributed by atoms with Crippen LogP contribution in [0.1, 0.15) is 255 Å². The van der Waals surface area contributed by atoms with Crippen LogP contribution in [0.25, 0.3) is 10.9 Å². The van der Waals surface area contributed by atoms with Crippen LogP contribution >= 0.6 is 11.8 Å². The minimum atomic E-state index is -1.17. The minimum absolute atomic E-state index is 0.0248. The maximum absolute atomic E-state index is 11.8. The SMILES string of the molecule is CC(C)(C)C(=O)CC(O)C[N+](C)(C)C.CC(C)(C)C(=O)CCCC(=O)[C@H](O)C(C)(C)CO.CC(C)(C)C(=O)CCCC[C@@H]1SC[C@@H]2NC(=O)N[C@@H]21.CC(C)(C)CCCc1c[nH]c2ccc(O)cc12.CC/C=C\CC(=O)C(C)(C)C.CC/C=C\CC(C)(C)C(=O)C(C)C. The summed E-state index contributed by atoms with van der Waals surface area (Å²) in [6.45, 7) is 45.6. The molecule has 15 nitrogen and oxygen atoms in total. The molecular weight excluding hydrogens is 1180 g/mol. The lowest BCUT2D eigenvalue weighted by atomic mass is 9.79. The molecule has 2 amide bonds. The number of quaternary nitrogens is 1. The average Bonchev–Trinajstić information content (AvgIpc) is 1.68. The Morgan fingerprint density at radius 3 is 1.67 bits per heavy atom. The van der Waals surface area contributed by atoms with Crippen LogP contribution in [0.15, 0.2) is 48.7 Å². The van der Waals surface area contributed by atoms with E-state index in [2.05, 4.69) is 68.6 Å². The van der Waals surface area contributed by atoms with Gasteiger partial charge in [-0.15, -0.1) is 0 Å². The fraction of sp³-hybridized carbons (Fsp3) is 0.750. The first kappa shape index (κ1) is 89.6. The highest BCUT2D eigenvalue weighted by Gasteiger charge is 2.42. The lowest BCUT2D eigenvalue weighted by Gasteiger charge is -2.27. The van der Waals surface area contributed by atoms with E-state index in [1.807, 2.05) is 168 Å². The quantitative estimate of drug-likeness (QED) is 0.0191. The smallest absolute Gasteiger partial charge is 0.315 e. The number of Topliss-reactive ketones (excluding diaryl/α,β-unsaturated/α-hetero) is 6. The van der Waals surface area contributed by atoms with Crippen LogP contribution in [0.3, 0.4) is 0 Å². The molecule has 2 aliphatic rings. The van der Waals surface area contributed by atoms with E-state index in [1.54, 1.807) is 19.9 Å². The molecule has 7 N–H and O–H groups in total. The Labute approximate surface area is 563 Å². The number of urea groups is 1. The number of aromatic hydroxyl groups is 1. The molecular formula is C76H135N4O11S+. The van der Waals surface area contributed by atoms with Crippen molar-refractivity contribution in [1.82, 2.24) is 15.6 Å². The number of H-pyrrole nitrogens is 1. The van der Waals surface area contributed by atoms with Gasteiger partial charge in [-0.25, -0.2) is 4.79 Å². The Morgan fingerprint density at radius 1 is 0.674 bits per heavy atom. The number of benzene rings is 1. The number of amides is 2. The van der Waals surface area contributed by atoms with Crippen molar-refractivity contribution < 1.29 is 58.5 Å². The summed E-state index contributed by atoms with van der Waals surface area (Å²) >= 11 is 1.94. The average molecular weight is 1310 g/mol. The van der Waals surface area contributed by atoms with Crippen molar-refractivity contribution in [2.24, 2.45) is 43.8 Å². The van der Waals surface area contributed by atoms with Crippen molar-refractivity contribution in [1.29, 1.82) is 0 Å². The summed E-state index contributed by atoms with van der Waals surface area (Å²) in [6, 6.07) is 6.06. The molecule has 2 fully saturated rings. The van der Waals surface area contributed by atoms with Crippen LogP contribution in [0.2, 0.25) is 0 Å².